The monoisotopic (exact) mass is 393 g/mol. The average Bonchev–Trinajstić information content (AvgIpc) is 2.96. The molecule has 5 rings (SSSR count). The van der Waals surface area contributed by atoms with Crippen LogP contribution in [0, 0.1) is 0 Å². The van der Waals surface area contributed by atoms with E-state index in [1.165, 1.54) is 57.3 Å². The number of hydrogen-bond acceptors (Lipinski definition) is 3. The molecule has 0 amide bonds. The van der Waals surface area contributed by atoms with Gasteiger partial charge in [0.05, 0.1) is 13.6 Å². The van der Waals surface area contributed by atoms with E-state index in [0.29, 0.717) is 6.17 Å². The number of quaternary nitrogens is 1. The van der Waals surface area contributed by atoms with Crippen LogP contribution >= 0.6 is 11.3 Å². The number of fused-ring (bicyclic) bond motifs is 3. The topological polar surface area (TPSA) is 20.3 Å². The summed E-state index contributed by atoms with van der Waals surface area (Å²) in [4.78, 5) is 15.8. The van der Waals surface area contributed by atoms with E-state index in [2.05, 4.69) is 36.2 Å². The molecule has 2 saturated heterocycles. The summed E-state index contributed by atoms with van der Waals surface area (Å²) in [7, 11) is 2.44. The lowest BCUT2D eigenvalue weighted by Crippen LogP contribution is -2.63. The van der Waals surface area contributed by atoms with E-state index in [0.717, 1.165) is 31.2 Å². The molecule has 2 unspecified atom stereocenters. The normalized spacial score (nSPS) is 26.2. The van der Waals surface area contributed by atoms with Crippen LogP contribution in [-0.4, -0.2) is 42.2 Å². The maximum atomic E-state index is 13.1. The third-order valence-corrected chi connectivity index (χ3v) is 8.00. The van der Waals surface area contributed by atoms with Crippen molar-refractivity contribution in [2.75, 3.05) is 26.7 Å². The van der Waals surface area contributed by atoms with Crippen LogP contribution in [0.25, 0.3) is 20.2 Å². The van der Waals surface area contributed by atoms with Crippen LogP contribution in [0.3, 0.4) is 0 Å². The summed E-state index contributed by atoms with van der Waals surface area (Å²) in [5, 5.41) is 1.74. The molecule has 0 N–H and O–H groups in total. The van der Waals surface area contributed by atoms with Gasteiger partial charge in [-0.15, -0.1) is 11.3 Å². The molecular formula is C24H29N2OS+. The molecular weight excluding hydrogens is 364 g/mol. The summed E-state index contributed by atoms with van der Waals surface area (Å²) >= 11 is 1.73. The Morgan fingerprint density at radius 2 is 1.82 bits per heavy atom. The summed E-state index contributed by atoms with van der Waals surface area (Å²) in [6.45, 7) is 4.78. The van der Waals surface area contributed by atoms with Crippen molar-refractivity contribution in [2.24, 2.45) is 0 Å². The molecule has 3 aromatic rings. The fourth-order valence-electron chi connectivity index (χ4n) is 5.45. The summed E-state index contributed by atoms with van der Waals surface area (Å²) in [6, 6.07) is 14.6. The van der Waals surface area contributed by atoms with E-state index in [4.69, 9.17) is 0 Å². The number of rotatable bonds is 2. The Kier molecular flexibility index (Phi) is 4.74. The van der Waals surface area contributed by atoms with Crippen molar-refractivity contribution in [3.05, 3.63) is 58.3 Å². The van der Waals surface area contributed by atoms with Crippen molar-refractivity contribution in [2.45, 2.75) is 44.8 Å². The first kappa shape index (κ1) is 18.3. The molecule has 1 aromatic heterocycles. The molecule has 0 saturated carbocycles. The summed E-state index contributed by atoms with van der Waals surface area (Å²) in [6.07, 6.45) is 7.30. The second-order valence-corrected chi connectivity index (χ2v) is 9.92. The number of nitrogens with zero attached hydrogens (tertiary/aromatic N) is 2. The highest BCUT2D eigenvalue weighted by Crippen LogP contribution is 2.32. The smallest absolute Gasteiger partial charge is 0.195 e. The summed E-state index contributed by atoms with van der Waals surface area (Å²) in [5.74, 6) is 0. The van der Waals surface area contributed by atoms with E-state index in [9.17, 15) is 4.79 Å². The second kappa shape index (κ2) is 7.25. The lowest BCUT2D eigenvalue weighted by Gasteiger charge is -2.49. The molecule has 0 bridgehead atoms. The minimum atomic E-state index is 0.184. The van der Waals surface area contributed by atoms with Crippen LogP contribution in [0.4, 0.5) is 0 Å². The van der Waals surface area contributed by atoms with E-state index in [1.54, 1.807) is 11.3 Å². The highest BCUT2D eigenvalue weighted by molar-refractivity contribution is 7.24. The lowest BCUT2D eigenvalue weighted by molar-refractivity contribution is -0.962. The molecule has 146 valence electrons. The Morgan fingerprint density at radius 1 is 1.00 bits per heavy atom. The van der Waals surface area contributed by atoms with Gasteiger partial charge in [-0.2, -0.15) is 0 Å². The van der Waals surface area contributed by atoms with Crippen LogP contribution in [0.1, 0.15) is 37.7 Å². The van der Waals surface area contributed by atoms with Crippen molar-refractivity contribution >= 4 is 31.5 Å². The maximum absolute atomic E-state index is 13.1. The van der Waals surface area contributed by atoms with Crippen LogP contribution in [0.2, 0.25) is 0 Å². The second-order valence-electron chi connectivity index (χ2n) is 8.84. The van der Waals surface area contributed by atoms with Crippen LogP contribution in [-0.2, 0) is 6.54 Å². The quantitative estimate of drug-likeness (QED) is 0.453. The molecule has 4 heteroatoms. The predicted octanol–water partition coefficient (Wildman–Crippen LogP) is 4.97. The molecule has 2 aromatic carbocycles. The van der Waals surface area contributed by atoms with Gasteiger partial charge in [0, 0.05) is 51.7 Å². The van der Waals surface area contributed by atoms with Gasteiger partial charge in [0.2, 0.25) is 0 Å². The molecule has 28 heavy (non-hydrogen) atoms. The molecule has 0 aliphatic carbocycles. The lowest BCUT2D eigenvalue weighted by atomic mass is 10.0. The van der Waals surface area contributed by atoms with Crippen LogP contribution in [0.15, 0.2) is 47.3 Å². The zero-order valence-electron chi connectivity index (χ0n) is 16.7. The van der Waals surface area contributed by atoms with E-state index in [-0.39, 0.29) is 5.43 Å². The van der Waals surface area contributed by atoms with Crippen molar-refractivity contribution in [1.29, 1.82) is 0 Å². The SMILES string of the molecule is C[N+]1(Cc2ccc3sc4ccccc4c(=O)c3c2)CCCN2CCCCCC21. The van der Waals surface area contributed by atoms with Gasteiger partial charge in [0.15, 0.2) is 5.43 Å². The molecule has 0 spiro atoms. The molecule has 0 radical (unpaired) electrons. The molecule has 3 heterocycles. The van der Waals surface area contributed by atoms with Gasteiger partial charge in [0.25, 0.3) is 0 Å². The van der Waals surface area contributed by atoms with Crippen LogP contribution < -0.4 is 5.43 Å². The van der Waals surface area contributed by atoms with Crippen molar-refractivity contribution in [1.82, 2.24) is 4.90 Å². The Labute approximate surface area is 170 Å². The largest absolute Gasteiger partial charge is 0.307 e. The summed E-state index contributed by atoms with van der Waals surface area (Å²) < 4.78 is 3.28. The van der Waals surface area contributed by atoms with Gasteiger partial charge in [-0.3, -0.25) is 9.69 Å². The number of benzene rings is 2. The zero-order chi connectivity index (χ0) is 19.1. The van der Waals surface area contributed by atoms with Gasteiger partial charge in [0.1, 0.15) is 12.7 Å². The fourth-order valence-corrected chi connectivity index (χ4v) is 6.50. The molecule has 2 atom stereocenters. The van der Waals surface area contributed by atoms with Crippen molar-refractivity contribution < 1.29 is 4.48 Å². The maximum Gasteiger partial charge on any atom is 0.195 e. The molecule has 2 aliphatic heterocycles. The highest BCUT2D eigenvalue weighted by Gasteiger charge is 2.40. The third kappa shape index (κ3) is 3.18. The van der Waals surface area contributed by atoms with Gasteiger partial charge < -0.3 is 4.48 Å². The van der Waals surface area contributed by atoms with Gasteiger partial charge in [-0.1, -0.05) is 24.6 Å². The Bertz CT molecular complexity index is 1080. The third-order valence-electron chi connectivity index (χ3n) is 6.85. The Balaban J connectivity index is 1.53. The first-order valence-corrected chi connectivity index (χ1v) is 11.5. The molecule has 2 aliphatic rings. The summed E-state index contributed by atoms with van der Waals surface area (Å²) in [5.41, 5.74) is 1.49. The molecule has 3 nitrogen and oxygen atoms in total. The first-order valence-electron chi connectivity index (χ1n) is 10.7. The fraction of sp³-hybridized carbons (Fsp3) is 0.458. The van der Waals surface area contributed by atoms with E-state index < -0.39 is 0 Å². The van der Waals surface area contributed by atoms with Crippen molar-refractivity contribution in [3.8, 4) is 0 Å². The number of hydrogen-bond donors (Lipinski definition) is 0. The standard InChI is InChI=1S/C24H29N2OS/c1-26(15-7-14-25-13-6-2-3-10-23(25)26)17-18-11-12-22-20(16-18)24(27)19-8-4-5-9-21(19)28-22/h4-5,8-9,11-12,16,23H,2-3,6-7,10,13-15,17H2,1H3/q+1. The Morgan fingerprint density at radius 3 is 2.75 bits per heavy atom. The highest BCUT2D eigenvalue weighted by atomic mass is 32.1. The van der Waals surface area contributed by atoms with Gasteiger partial charge in [-0.05, 0) is 37.1 Å². The van der Waals surface area contributed by atoms with E-state index in [1.807, 2.05) is 18.2 Å². The van der Waals surface area contributed by atoms with Crippen LogP contribution in [0.5, 0.6) is 0 Å². The van der Waals surface area contributed by atoms with Gasteiger partial charge >= 0.3 is 0 Å². The van der Waals surface area contributed by atoms with Gasteiger partial charge in [-0.25, -0.2) is 0 Å². The average molecular weight is 394 g/mol. The zero-order valence-corrected chi connectivity index (χ0v) is 17.5. The first-order chi connectivity index (χ1) is 13.6. The molecule has 2 fully saturated rings. The van der Waals surface area contributed by atoms with Crippen molar-refractivity contribution in [3.63, 3.8) is 0 Å². The van der Waals surface area contributed by atoms with E-state index >= 15 is 0 Å². The Hall–Kier alpha value is -1.75. The minimum Gasteiger partial charge on any atom is -0.307 e. The minimum absolute atomic E-state index is 0.184. The predicted molar refractivity (Wildman–Crippen MR) is 119 cm³/mol.